The smallest absolute Gasteiger partial charge is 0.258 e. The SMILES string of the molecule is N#CCC1CCCCCC1c1ccc([N+](=O)[O-])cc1. The van der Waals surface area contributed by atoms with Crippen molar-refractivity contribution >= 4 is 5.69 Å². The lowest BCUT2D eigenvalue weighted by molar-refractivity contribution is -0.384. The first-order valence-corrected chi connectivity index (χ1v) is 6.83. The predicted octanol–water partition coefficient (Wildman–Crippen LogP) is 4.17. The Morgan fingerprint density at radius 2 is 1.89 bits per heavy atom. The molecule has 1 fully saturated rings. The lowest BCUT2D eigenvalue weighted by atomic mass is 9.81. The minimum atomic E-state index is -0.371. The molecule has 4 heteroatoms. The van der Waals surface area contributed by atoms with E-state index in [1.165, 1.54) is 19.3 Å². The van der Waals surface area contributed by atoms with Gasteiger partial charge in [0.05, 0.1) is 11.0 Å². The van der Waals surface area contributed by atoms with Crippen LogP contribution < -0.4 is 0 Å². The maximum atomic E-state index is 10.7. The highest BCUT2D eigenvalue weighted by molar-refractivity contribution is 5.34. The lowest BCUT2D eigenvalue weighted by Gasteiger charge is -2.23. The minimum absolute atomic E-state index is 0.134. The van der Waals surface area contributed by atoms with Crippen LogP contribution in [0.1, 0.15) is 50.0 Å². The number of benzene rings is 1. The summed E-state index contributed by atoms with van der Waals surface area (Å²) >= 11 is 0. The predicted molar refractivity (Wildman–Crippen MR) is 72.6 cm³/mol. The third-order valence-corrected chi connectivity index (χ3v) is 4.04. The van der Waals surface area contributed by atoms with Crippen molar-refractivity contribution < 1.29 is 4.92 Å². The number of nitrogens with zero attached hydrogens (tertiary/aromatic N) is 2. The molecule has 0 aromatic heterocycles. The fraction of sp³-hybridized carbons (Fsp3) is 0.533. The molecule has 0 amide bonds. The van der Waals surface area contributed by atoms with Gasteiger partial charge in [-0.2, -0.15) is 5.26 Å². The summed E-state index contributed by atoms with van der Waals surface area (Å²) < 4.78 is 0. The van der Waals surface area contributed by atoms with Gasteiger partial charge in [0.15, 0.2) is 0 Å². The maximum Gasteiger partial charge on any atom is 0.269 e. The van der Waals surface area contributed by atoms with Crippen LogP contribution in [0.2, 0.25) is 0 Å². The third kappa shape index (κ3) is 3.31. The first kappa shape index (κ1) is 13.5. The van der Waals surface area contributed by atoms with Gasteiger partial charge in [-0.3, -0.25) is 10.1 Å². The van der Waals surface area contributed by atoms with Gasteiger partial charge < -0.3 is 0 Å². The topological polar surface area (TPSA) is 66.9 Å². The molecule has 1 saturated carbocycles. The Hall–Kier alpha value is -1.89. The summed E-state index contributed by atoms with van der Waals surface area (Å²) in [6.45, 7) is 0. The molecule has 0 heterocycles. The Bertz CT molecular complexity index is 476. The number of nitro benzene ring substituents is 1. The zero-order valence-corrected chi connectivity index (χ0v) is 10.9. The minimum Gasteiger partial charge on any atom is -0.258 e. The summed E-state index contributed by atoms with van der Waals surface area (Å²) in [5.74, 6) is 0.775. The normalized spacial score (nSPS) is 23.3. The van der Waals surface area contributed by atoms with Gasteiger partial charge in [0, 0.05) is 18.6 Å². The Morgan fingerprint density at radius 1 is 1.21 bits per heavy atom. The van der Waals surface area contributed by atoms with E-state index >= 15 is 0 Å². The maximum absolute atomic E-state index is 10.7. The van der Waals surface area contributed by atoms with Gasteiger partial charge in [-0.15, -0.1) is 0 Å². The van der Waals surface area contributed by atoms with Gasteiger partial charge >= 0.3 is 0 Å². The van der Waals surface area contributed by atoms with Crippen LogP contribution >= 0.6 is 0 Å². The first-order chi connectivity index (χ1) is 9.22. The molecular weight excluding hydrogens is 240 g/mol. The molecule has 19 heavy (non-hydrogen) atoms. The highest BCUT2D eigenvalue weighted by atomic mass is 16.6. The van der Waals surface area contributed by atoms with Gasteiger partial charge in [-0.05, 0) is 30.2 Å². The number of nitriles is 1. The van der Waals surface area contributed by atoms with Gasteiger partial charge in [0.1, 0.15) is 0 Å². The van der Waals surface area contributed by atoms with Crippen molar-refractivity contribution in [1.29, 1.82) is 5.26 Å². The molecule has 1 aromatic rings. The summed E-state index contributed by atoms with van der Waals surface area (Å²) in [5, 5.41) is 19.6. The third-order valence-electron chi connectivity index (χ3n) is 4.04. The second-order valence-corrected chi connectivity index (χ2v) is 5.22. The van der Waals surface area contributed by atoms with E-state index in [1.807, 2.05) is 12.1 Å². The summed E-state index contributed by atoms with van der Waals surface area (Å²) in [6, 6.07) is 9.15. The largest absolute Gasteiger partial charge is 0.269 e. The lowest BCUT2D eigenvalue weighted by Crippen LogP contribution is -2.11. The highest BCUT2D eigenvalue weighted by Gasteiger charge is 2.25. The monoisotopic (exact) mass is 258 g/mol. The summed E-state index contributed by atoms with van der Waals surface area (Å²) in [6.07, 6.45) is 6.37. The number of nitro groups is 1. The molecule has 1 aliphatic rings. The summed E-state index contributed by atoms with van der Waals surface area (Å²) in [4.78, 5) is 10.3. The molecule has 100 valence electrons. The van der Waals surface area contributed by atoms with Crippen molar-refractivity contribution in [2.24, 2.45) is 5.92 Å². The second-order valence-electron chi connectivity index (χ2n) is 5.22. The molecule has 2 unspecified atom stereocenters. The Balaban J connectivity index is 2.21. The second kappa shape index (κ2) is 6.33. The number of hydrogen-bond acceptors (Lipinski definition) is 3. The van der Waals surface area contributed by atoms with E-state index in [2.05, 4.69) is 6.07 Å². The van der Waals surface area contributed by atoms with Crippen molar-refractivity contribution in [3.63, 3.8) is 0 Å². The van der Waals surface area contributed by atoms with Crippen molar-refractivity contribution in [1.82, 2.24) is 0 Å². The molecule has 0 radical (unpaired) electrons. The van der Waals surface area contributed by atoms with Crippen LogP contribution in [0.4, 0.5) is 5.69 Å². The Morgan fingerprint density at radius 3 is 2.53 bits per heavy atom. The van der Waals surface area contributed by atoms with Crippen LogP contribution in [0.15, 0.2) is 24.3 Å². The zero-order chi connectivity index (χ0) is 13.7. The number of rotatable bonds is 3. The van der Waals surface area contributed by atoms with E-state index in [-0.39, 0.29) is 10.6 Å². The Labute approximate surface area is 113 Å². The zero-order valence-electron chi connectivity index (χ0n) is 10.9. The average Bonchev–Trinajstić information content (AvgIpc) is 2.65. The van der Waals surface area contributed by atoms with Crippen LogP contribution in [0.5, 0.6) is 0 Å². The van der Waals surface area contributed by atoms with Gasteiger partial charge in [-0.1, -0.05) is 31.4 Å². The molecule has 0 spiro atoms. The van der Waals surface area contributed by atoms with Gasteiger partial charge in [-0.25, -0.2) is 0 Å². The standard InChI is InChI=1S/C15H18N2O2/c16-11-10-12-4-2-1-3-5-15(12)13-6-8-14(9-7-13)17(18)19/h6-9,12,15H,1-5,10H2. The van der Waals surface area contributed by atoms with Crippen LogP contribution in [0.3, 0.4) is 0 Å². The first-order valence-electron chi connectivity index (χ1n) is 6.83. The molecule has 0 bridgehead atoms. The van der Waals surface area contributed by atoms with Crippen LogP contribution in [-0.4, -0.2) is 4.92 Å². The number of hydrogen-bond donors (Lipinski definition) is 0. The van der Waals surface area contributed by atoms with Crippen LogP contribution in [-0.2, 0) is 0 Å². The van der Waals surface area contributed by atoms with Crippen LogP contribution in [0.25, 0.3) is 0 Å². The molecule has 1 aromatic carbocycles. The van der Waals surface area contributed by atoms with E-state index in [0.717, 1.165) is 18.4 Å². The van der Waals surface area contributed by atoms with Crippen molar-refractivity contribution in [2.45, 2.75) is 44.4 Å². The van der Waals surface area contributed by atoms with Crippen molar-refractivity contribution in [2.75, 3.05) is 0 Å². The molecule has 2 atom stereocenters. The van der Waals surface area contributed by atoms with Gasteiger partial charge in [0.25, 0.3) is 5.69 Å². The molecule has 4 nitrogen and oxygen atoms in total. The number of non-ortho nitro benzene ring substituents is 1. The van der Waals surface area contributed by atoms with Crippen LogP contribution in [0, 0.1) is 27.4 Å². The Kier molecular flexibility index (Phi) is 4.51. The van der Waals surface area contributed by atoms with E-state index < -0.39 is 0 Å². The van der Waals surface area contributed by atoms with Crippen molar-refractivity contribution in [3.8, 4) is 6.07 Å². The molecule has 0 N–H and O–H groups in total. The van der Waals surface area contributed by atoms with E-state index in [4.69, 9.17) is 5.26 Å². The molecule has 0 aliphatic heterocycles. The van der Waals surface area contributed by atoms with Crippen molar-refractivity contribution in [3.05, 3.63) is 39.9 Å². The average molecular weight is 258 g/mol. The molecule has 2 rings (SSSR count). The summed E-state index contributed by atoms with van der Waals surface area (Å²) in [7, 11) is 0. The quantitative estimate of drug-likeness (QED) is 0.464. The van der Waals surface area contributed by atoms with Gasteiger partial charge in [0.2, 0.25) is 0 Å². The van der Waals surface area contributed by atoms with E-state index in [9.17, 15) is 10.1 Å². The fourth-order valence-corrected chi connectivity index (χ4v) is 3.03. The molecule has 0 saturated heterocycles. The highest BCUT2D eigenvalue weighted by Crippen LogP contribution is 2.38. The fourth-order valence-electron chi connectivity index (χ4n) is 3.03. The van der Waals surface area contributed by atoms with E-state index in [1.54, 1.807) is 12.1 Å². The van der Waals surface area contributed by atoms with E-state index in [0.29, 0.717) is 18.3 Å². The summed E-state index contributed by atoms with van der Waals surface area (Å²) in [5.41, 5.74) is 1.28. The molecule has 1 aliphatic carbocycles. The molecular formula is C15H18N2O2.